The van der Waals surface area contributed by atoms with E-state index in [9.17, 15) is 4.79 Å². The second-order valence-electron chi connectivity index (χ2n) is 2.98. The summed E-state index contributed by atoms with van der Waals surface area (Å²) in [4.78, 5) is 11.0. The van der Waals surface area contributed by atoms with Crippen LogP contribution in [0.4, 0.5) is 0 Å². The predicted molar refractivity (Wildman–Crippen MR) is 52.5 cm³/mol. The minimum Gasteiger partial charge on any atom is -0.384 e. The molecule has 1 N–H and O–H groups in total. The van der Waals surface area contributed by atoms with Crippen LogP contribution < -0.4 is 5.32 Å². The van der Waals surface area contributed by atoms with E-state index >= 15 is 0 Å². The Morgan fingerprint density at radius 2 is 2.17 bits per heavy atom. The van der Waals surface area contributed by atoms with E-state index in [1.165, 1.54) is 0 Å². The fraction of sp³-hybridized carbons (Fsp3) is 0.875. The van der Waals surface area contributed by atoms with Crippen LogP contribution >= 0.6 is 12.6 Å². The number of thiol groups is 1. The summed E-state index contributed by atoms with van der Waals surface area (Å²) >= 11 is 4.00. The van der Waals surface area contributed by atoms with Crippen LogP contribution in [0, 0.1) is 5.92 Å². The number of rotatable bonds is 5. The Bertz CT molecular complexity index is 139. The first-order chi connectivity index (χ1) is 5.57. The van der Waals surface area contributed by atoms with Gasteiger partial charge in [-0.15, -0.1) is 0 Å². The van der Waals surface area contributed by atoms with Crippen LogP contribution in [-0.2, 0) is 9.53 Å². The van der Waals surface area contributed by atoms with E-state index in [0.717, 1.165) is 0 Å². The van der Waals surface area contributed by atoms with Gasteiger partial charge in [-0.3, -0.25) is 4.79 Å². The van der Waals surface area contributed by atoms with E-state index in [-0.39, 0.29) is 11.2 Å². The third-order valence-corrected chi connectivity index (χ3v) is 1.69. The van der Waals surface area contributed by atoms with Crippen molar-refractivity contribution in [1.82, 2.24) is 5.32 Å². The summed E-state index contributed by atoms with van der Waals surface area (Å²) in [6.07, 6.45) is 0. The lowest BCUT2D eigenvalue weighted by molar-refractivity contribution is -0.120. The first kappa shape index (κ1) is 11.8. The van der Waals surface area contributed by atoms with Gasteiger partial charge in [0.15, 0.2) is 0 Å². The molecule has 72 valence electrons. The Balaban J connectivity index is 3.47. The predicted octanol–water partition coefficient (Wildman–Crippen LogP) is 0.703. The van der Waals surface area contributed by atoms with Crippen molar-refractivity contribution in [2.24, 2.45) is 5.92 Å². The normalized spacial score (nSPS) is 15.3. The fourth-order valence-electron chi connectivity index (χ4n) is 0.766. The molecule has 0 saturated carbocycles. The van der Waals surface area contributed by atoms with E-state index in [1.54, 1.807) is 14.0 Å². The van der Waals surface area contributed by atoms with Crippen molar-refractivity contribution in [3.05, 3.63) is 0 Å². The van der Waals surface area contributed by atoms with Crippen LogP contribution in [0.25, 0.3) is 0 Å². The Morgan fingerprint density at radius 3 is 2.58 bits per heavy atom. The zero-order chi connectivity index (χ0) is 9.56. The molecular formula is C8H17NO2S. The molecule has 0 aliphatic heterocycles. The van der Waals surface area contributed by atoms with E-state index in [0.29, 0.717) is 19.1 Å². The molecule has 0 aromatic heterocycles. The van der Waals surface area contributed by atoms with Crippen molar-refractivity contribution in [2.45, 2.75) is 19.1 Å². The van der Waals surface area contributed by atoms with Crippen LogP contribution in [0.1, 0.15) is 13.8 Å². The quantitative estimate of drug-likeness (QED) is 0.628. The summed E-state index contributed by atoms with van der Waals surface area (Å²) in [7, 11) is 1.65. The van der Waals surface area contributed by atoms with E-state index in [4.69, 9.17) is 4.74 Å². The molecule has 4 heteroatoms. The highest BCUT2D eigenvalue weighted by molar-refractivity contribution is 7.81. The lowest BCUT2D eigenvalue weighted by Crippen LogP contribution is -2.34. The SMILES string of the molecule is COCC(C)CNC(=O)C(C)S. The lowest BCUT2D eigenvalue weighted by Gasteiger charge is -2.12. The molecule has 0 aliphatic rings. The molecule has 0 spiro atoms. The molecule has 3 nitrogen and oxygen atoms in total. The highest BCUT2D eigenvalue weighted by Crippen LogP contribution is 1.95. The topological polar surface area (TPSA) is 38.3 Å². The zero-order valence-corrected chi connectivity index (χ0v) is 8.73. The number of ether oxygens (including phenoxy) is 1. The van der Waals surface area contributed by atoms with Crippen molar-refractivity contribution >= 4 is 18.5 Å². The first-order valence-electron chi connectivity index (χ1n) is 4.02. The highest BCUT2D eigenvalue weighted by Gasteiger charge is 2.08. The van der Waals surface area contributed by atoms with Gasteiger partial charge in [0.1, 0.15) is 0 Å². The maximum absolute atomic E-state index is 11.0. The standard InChI is InChI=1S/C8H17NO2S/c1-6(5-11-3)4-9-8(10)7(2)12/h6-7,12H,4-5H2,1-3H3,(H,9,10). The highest BCUT2D eigenvalue weighted by atomic mass is 32.1. The minimum absolute atomic E-state index is 0.0266. The molecule has 2 unspecified atom stereocenters. The maximum Gasteiger partial charge on any atom is 0.232 e. The van der Waals surface area contributed by atoms with E-state index < -0.39 is 0 Å². The molecular weight excluding hydrogens is 174 g/mol. The molecule has 0 aromatic rings. The zero-order valence-electron chi connectivity index (χ0n) is 7.83. The summed E-state index contributed by atoms with van der Waals surface area (Å²) in [6, 6.07) is 0. The van der Waals surface area contributed by atoms with Gasteiger partial charge in [-0.1, -0.05) is 6.92 Å². The average molecular weight is 191 g/mol. The summed E-state index contributed by atoms with van der Waals surface area (Å²) in [6.45, 7) is 5.09. The van der Waals surface area contributed by atoms with Gasteiger partial charge < -0.3 is 10.1 Å². The Kier molecular flexibility index (Phi) is 6.20. The Morgan fingerprint density at radius 1 is 1.58 bits per heavy atom. The number of carbonyl (C=O) groups excluding carboxylic acids is 1. The summed E-state index contributed by atoms with van der Waals surface area (Å²) in [5.41, 5.74) is 0. The van der Waals surface area contributed by atoms with Gasteiger partial charge in [-0.25, -0.2) is 0 Å². The van der Waals surface area contributed by atoms with Crippen LogP contribution in [0.3, 0.4) is 0 Å². The number of hydrogen-bond donors (Lipinski definition) is 2. The molecule has 0 heterocycles. The van der Waals surface area contributed by atoms with Crippen LogP contribution in [0.5, 0.6) is 0 Å². The summed E-state index contributed by atoms with van der Waals surface area (Å²) in [5, 5.41) is 2.53. The monoisotopic (exact) mass is 191 g/mol. The van der Waals surface area contributed by atoms with Gasteiger partial charge in [-0.05, 0) is 12.8 Å². The number of nitrogens with one attached hydrogen (secondary N) is 1. The second-order valence-corrected chi connectivity index (χ2v) is 3.76. The van der Waals surface area contributed by atoms with Crippen LogP contribution in [-0.4, -0.2) is 31.4 Å². The molecule has 0 rings (SSSR count). The molecule has 0 radical (unpaired) electrons. The number of hydrogen-bond acceptors (Lipinski definition) is 3. The molecule has 0 aromatic carbocycles. The van der Waals surface area contributed by atoms with Crippen molar-refractivity contribution < 1.29 is 9.53 Å². The van der Waals surface area contributed by atoms with E-state index in [1.807, 2.05) is 6.92 Å². The fourth-order valence-corrected chi connectivity index (χ4v) is 0.857. The second kappa shape index (κ2) is 6.31. The molecule has 0 fully saturated rings. The van der Waals surface area contributed by atoms with Gasteiger partial charge in [0, 0.05) is 13.7 Å². The molecule has 1 amide bonds. The molecule has 0 saturated heterocycles. The van der Waals surface area contributed by atoms with Crippen molar-refractivity contribution in [2.75, 3.05) is 20.3 Å². The van der Waals surface area contributed by atoms with Crippen molar-refractivity contribution in [1.29, 1.82) is 0 Å². The molecule has 12 heavy (non-hydrogen) atoms. The largest absolute Gasteiger partial charge is 0.384 e. The number of amides is 1. The molecule has 2 atom stereocenters. The summed E-state index contributed by atoms with van der Waals surface area (Å²) in [5.74, 6) is 0.326. The third kappa shape index (κ3) is 5.43. The minimum atomic E-state index is -0.236. The van der Waals surface area contributed by atoms with E-state index in [2.05, 4.69) is 17.9 Å². The summed E-state index contributed by atoms with van der Waals surface area (Å²) < 4.78 is 4.93. The molecule has 0 bridgehead atoms. The van der Waals surface area contributed by atoms with Gasteiger partial charge in [0.05, 0.1) is 11.9 Å². The number of methoxy groups -OCH3 is 1. The first-order valence-corrected chi connectivity index (χ1v) is 4.54. The van der Waals surface area contributed by atoms with Crippen LogP contribution in [0.15, 0.2) is 0 Å². The molecule has 0 aliphatic carbocycles. The van der Waals surface area contributed by atoms with Gasteiger partial charge in [-0.2, -0.15) is 12.6 Å². The van der Waals surface area contributed by atoms with Crippen molar-refractivity contribution in [3.8, 4) is 0 Å². The lowest BCUT2D eigenvalue weighted by atomic mass is 10.2. The smallest absolute Gasteiger partial charge is 0.232 e. The number of carbonyl (C=O) groups is 1. The Hall–Kier alpha value is -0.220. The van der Waals surface area contributed by atoms with Gasteiger partial charge >= 0.3 is 0 Å². The van der Waals surface area contributed by atoms with Gasteiger partial charge in [0.25, 0.3) is 0 Å². The van der Waals surface area contributed by atoms with Crippen molar-refractivity contribution in [3.63, 3.8) is 0 Å². The van der Waals surface area contributed by atoms with Crippen LogP contribution in [0.2, 0.25) is 0 Å². The Labute approximate surface area is 79.3 Å². The maximum atomic E-state index is 11.0. The average Bonchev–Trinajstić information content (AvgIpc) is 2.00. The third-order valence-electron chi connectivity index (χ3n) is 1.46. The van der Waals surface area contributed by atoms with Gasteiger partial charge in [0.2, 0.25) is 5.91 Å².